The van der Waals surface area contributed by atoms with Gasteiger partial charge in [0, 0.05) is 23.7 Å². The lowest BCUT2D eigenvalue weighted by Gasteiger charge is -2.19. The van der Waals surface area contributed by atoms with Crippen molar-refractivity contribution in [2.75, 3.05) is 17.3 Å². The van der Waals surface area contributed by atoms with Crippen LogP contribution >= 0.6 is 23.5 Å². The van der Waals surface area contributed by atoms with Crippen molar-refractivity contribution in [1.82, 2.24) is 0 Å². The largest absolute Gasteiger partial charge is 0.508 e. The summed E-state index contributed by atoms with van der Waals surface area (Å²) in [6.07, 6.45) is 0.485. The molecule has 0 spiro atoms. The average Bonchev–Trinajstić information content (AvgIpc) is 2.33. The zero-order valence-corrected chi connectivity index (χ0v) is 10.5. The summed E-state index contributed by atoms with van der Waals surface area (Å²) >= 11 is 3.64. The minimum Gasteiger partial charge on any atom is -0.508 e. The molecule has 0 aromatic heterocycles. The van der Waals surface area contributed by atoms with E-state index in [1.54, 1.807) is 23.9 Å². The van der Waals surface area contributed by atoms with E-state index >= 15 is 0 Å². The molecule has 1 unspecified atom stereocenters. The first-order valence-corrected chi connectivity index (χ1v) is 7.46. The minimum absolute atomic E-state index is 0.160. The van der Waals surface area contributed by atoms with Gasteiger partial charge in [0.25, 0.3) is 0 Å². The van der Waals surface area contributed by atoms with E-state index in [2.05, 4.69) is 0 Å². The molecule has 4 heteroatoms. The molecule has 0 amide bonds. The predicted molar refractivity (Wildman–Crippen MR) is 70.4 cm³/mol. The molecule has 1 saturated heterocycles. The maximum Gasteiger partial charge on any atom is 0.151 e. The number of phenolic OH excluding ortho intramolecular Hbond substituents is 1. The van der Waals surface area contributed by atoms with E-state index in [1.165, 1.54) is 0 Å². The second-order valence-corrected chi connectivity index (χ2v) is 6.20. The Morgan fingerprint density at radius 3 is 2.69 bits per heavy atom. The van der Waals surface area contributed by atoms with E-state index < -0.39 is 0 Å². The molecular formula is C12H14O2S2. The molecule has 0 bridgehead atoms. The number of carbonyl (C=O) groups excluding carboxylic acids is 1. The highest BCUT2D eigenvalue weighted by atomic mass is 32.2. The summed E-state index contributed by atoms with van der Waals surface area (Å²) < 4.78 is 0. The van der Waals surface area contributed by atoms with Crippen LogP contribution in [0, 0.1) is 0 Å². The van der Waals surface area contributed by atoms with Crippen LogP contribution in [0.5, 0.6) is 5.75 Å². The number of Topliss-reactive ketones (excluding diaryl/α,β-unsaturated/α-hetero) is 1. The van der Waals surface area contributed by atoms with Crippen LogP contribution in [0.2, 0.25) is 0 Å². The van der Waals surface area contributed by atoms with Crippen LogP contribution in [0.15, 0.2) is 24.3 Å². The molecule has 1 atom stereocenters. The van der Waals surface area contributed by atoms with Crippen molar-refractivity contribution in [3.05, 3.63) is 29.8 Å². The molecular weight excluding hydrogens is 240 g/mol. The molecule has 0 saturated carbocycles. The van der Waals surface area contributed by atoms with Gasteiger partial charge in [-0.15, -0.1) is 11.8 Å². The summed E-state index contributed by atoms with van der Waals surface area (Å²) in [5, 5.41) is 9.31. The maximum absolute atomic E-state index is 12.0. The number of aromatic hydroxyl groups is 1. The molecule has 1 fully saturated rings. The van der Waals surface area contributed by atoms with E-state index in [9.17, 15) is 4.79 Å². The van der Waals surface area contributed by atoms with Gasteiger partial charge in [-0.1, -0.05) is 12.1 Å². The second-order valence-electron chi connectivity index (χ2n) is 3.74. The van der Waals surface area contributed by atoms with Gasteiger partial charge in [-0.25, -0.2) is 0 Å². The van der Waals surface area contributed by atoms with Crippen LogP contribution in [0.3, 0.4) is 0 Å². The molecule has 0 aliphatic carbocycles. The highest BCUT2D eigenvalue weighted by Gasteiger charge is 2.21. The Morgan fingerprint density at radius 2 is 2.06 bits per heavy atom. The van der Waals surface area contributed by atoms with E-state index in [-0.39, 0.29) is 11.0 Å². The van der Waals surface area contributed by atoms with Crippen LogP contribution in [-0.4, -0.2) is 33.4 Å². The summed E-state index contributed by atoms with van der Waals surface area (Å²) in [7, 11) is 0. The quantitative estimate of drug-likeness (QED) is 0.898. The molecule has 1 aliphatic heterocycles. The van der Waals surface area contributed by atoms with Gasteiger partial charge in [-0.2, -0.15) is 11.8 Å². The van der Waals surface area contributed by atoms with Crippen molar-refractivity contribution < 1.29 is 9.90 Å². The standard InChI is InChI=1S/C12H14O2S2/c13-10-3-1-9(2-4-10)7-11(14)12-8-15-5-6-16-12/h1-4,12-13H,5-8H2. The molecule has 16 heavy (non-hydrogen) atoms. The Morgan fingerprint density at radius 1 is 1.31 bits per heavy atom. The van der Waals surface area contributed by atoms with Gasteiger partial charge in [0.15, 0.2) is 5.78 Å². The topological polar surface area (TPSA) is 37.3 Å². The third kappa shape index (κ3) is 3.19. The number of rotatable bonds is 3. The van der Waals surface area contributed by atoms with Gasteiger partial charge in [0.05, 0.1) is 5.25 Å². The summed E-state index contributed by atoms with van der Waals surface area (Å²) in [5.74, 6) is 3.74. The monoisotopic (exact) mass is 254 g/mol. The fourth-order valence-corrected chi connectivity index (χ4v) is 4.25. The number of ketones is 1. The van der Waals surface area contributed by atoms with Crippen molar-refractivity contribution in [2.24, 2.45) is 0 Å². The van der Waals surface area contributed by atoms with Crippen LogP contribution in [0.1, 0.15) is 5.56 Å². The van der Waals surface area contributed by atoms with E-state index in [4.69, 9.17) is 5.11 Å². The Labute approximate surface area is 104 Å². The third-order valence-corrected chi connectivity index (χ3v) is 5.29. The zero-order chi connectivity index (χ0) is 11.4. The predicted octanol–water partition coefficient (Wildman–Crippen LogP) is 2.35. The van der Waals surface area contributed by atoms with Gasteiger partial charge >= 0.3 is 0 Å². The van der Waals surface area contributed by atoms with Crippen molar-refractivity contribution in [3.63, 3.8) is 0 Å². The minimum atomic E-state index is 0.160. The van der Waals surface area contributed by atoms with Crippen molar-refractivity contribution in [2.45, 2.75) is 11.7 Å². The Kier molecular flexibility index (Phi) is 4.18. The summed E-state index contributed by atoms with van der Waals surface area (Å²) in [5.41, 5.74) is 0.985. The second kappa shape index (κ2) is 5.64. The highest BCUT2D eigenvalue weighted by molar-refractivity contribution is 8.07. The summed E-state index contributed by atoms with van der Waals surface area (Å²) in [4.78, 5) is 12.0. The van der Waals surface area contributed by atoms with Gasteiger partial charge < -0.3 is 5.11 Å². The number of carbonyl (C=O) groups is 1. The lowest BCUT2D eigenvalue weighted by molar-refractivity contribution is -0.117. The summed E-state index contributed by atoms with van der Waals surface area (Å²) in [6.45, 7) is 0. The van der Waals surface area contributed by atoms with Crippen LogP contribution < -0.4 is 0 Å². The number of hydrogen-bond donors (Lipinski definition) is 1. The molecule has 1 heterocycles. The number of thioether (sulfide) groups is 2. The van der Waals surface area contributed by atoms with Crippen molar-refractivity contribution >= 4 is 29.3 Å². The molecule has 1 aromatic rings. The molecule has 1 N–H and O–H groups in total. The van der Waals surface area contributed by atoms with Gasteiger partial charge in [0.1, 0.15) is 5.75 Å². The lowest BCUT2D eigenvalue weighted by Crippen LogP contribution is -2.25. The maximum atomic E-state index is 12.0. The first-order chi connectivity index (χ1) is 7.75. The van der Waals surface area contributed by atoms with Gasteiger partial charge in [-0.3, -0.25) is 4.79 Å². The van der Waals surface area contributed by atoms with Gasteiger partial charge in [-0.05, 0) is 17.7 Å². The first-order valence-electron chi connectivity index (χ1n) is 5.25. The summed E-state index contributed by atoms with van der Waals surface area (Å²) in [6, 6.07) is 6.89. The molecule has 2 rings (SSSR count). The SMILES string of the molecule is O=C(Cc1ccc(O)cc1)C1CSCCS1. The van der Waals surface area contributed by atoms with E-state index in [0.717, 1.165) is 22.8 Å². The fraction of sp³-hybridized carbons (Fsp3) is 0.417. The van der Waals surface area contributed by atoms with E-state index in [1.807, 2.05) is 23.9 Å². The third-order valence-electron chi connectivity index (χ3n) is 2.49. The zero-order valence-electron chi connectivity index (χ0n) is 8.89. The lowest BCUT2D eigenvalue weighted by atomic mass is 10.1. The highest BCUT2D eigenvalue weighted by Crippen LogP contribution is 2.25. The Balaban J connectivity index is 1.93. The first kappa shape index (κ1) is 11.9. The molecule has 86 valence electrons. The van der Waals surface area contributed by atoms with Gasteiger partial charge in [0.2, 0.25) is 0 Å². The smallest absolute Gasteiger partial charge is 0.151 e. The molecule has 2 nitrogen and oxygen atoms in total. The van der Waals surface area contributed by atoms with Crippen LogP contribution in [-0.2, 0) is 11.2 Å². The average molecular weight is 254 g/mol. The van der Waals surface area contributed by atoms with Crippen molar-refractivity contribution in [3.8, 4) is 5.75 Å². The van der Waals surface area contributed by atoms with Crippen molar-refractivity contribution in [1.29, 1.82) is 0 Å². The number of benzene rings is 1. The Bertz CT molecular complexity index is 356. The van der Waals surface area contributed by atoms with E-state index in [0.29, 0.717) is 12.2 Å². The number of phenols is 1. The van der Waals surface area contributed by atoms with Crippen LogP contribution in [0.25, 0.3) is 0 Å². The molecule has 1 aromatic carbocycles. The van der Waals surface area contributed by atoms with Crippen LogP contribution in [0.4, 0.5) is 0 Å². The normalized spacial score (nSPS) is 20.6. The molecule has 0 radical (unpaired) electrons. The fourth-order valence-electron chi connectivity index (χ4n) is 1.60. The number of hydrogen-bond acceptors (Lipinski definition) is 4. The molecule has 1 aliphatic rings. The Hall–Kier alpha value is -0.610.